The lowest BCUT2D eigenvalue weighted by molar-refractivity contribution is -0.136. The van der Waals surface area contributed by atoms with Gasteiger partial charge in [0.25, 0.3) is 5.91 Å². The maximum Gasteiger partial charge on any atom is 0.303 e. The lowest BCUT2D eigenvalue weighted by Crippen LogP contribution is -2.12. The van der Waals surface area contributed by atoms with Gasteiger partial charge in [0.05, 0.1) is 12.1 Å². The van der Waals surface area contributed by atoms with Gasteiger partial charge in [0.2, 0.25) is 6.79 Å². The van der Waals surface area contributed by atoms with E-state index in [1.54, 1.807) is 42.5 Å². The molecular weight excluding hydrogens is 340 g/mol. The molecule has 1 aliphatic rings. The second-order valence-electron chi connectivity index (χ2n) is 5.54. The van der Waals surface area contributed by atoms with Gasteiger partial charge in [-0.1, -0.05) is 17.3 Å². The van der Waals surface area contributed by atoms with Crippen molar-refractivity contribution in [3.05, 3.63) is 53.6 Å². The number of carbonyl (C=O) groups excluding carboxylic acids is 1. The number of amides is 1. The molecule has 0 saturated carbocycles. The molecule has 1 amide bonds. The van der Waals surface area contributed by atoms with Gasteiger partial charge in [0.1, 0.15) is 0 Å². The summed E-state index contributed by atoms with van der Waals surface area (Å²) in [6.45, 7) is 0.137. The number of carbonyl (C=O) groups is 2. The number of ether oxygens (including phenoxy) is 2. The standard InChI is InChI=1S/C18H16N2O6/c21-17(22)8-6-14(20-24)11-1-4-13(5-2-11)19-18(23)12-3-7-15-16(9-12)26-10-25-15/h1-5,7,9,24H,6,8,10H2,(H,19,23)(H,21,22)/b20-14-. The molecule has 0 fully saturated rings. The Labute approximate surface area is 148 Å². The van der Waals surface area contributed by atoms with Crippen molar-refractivity contribution in [1.82, 2.24) is 0 Å². The molecule has 1 aliphatic heterocycles. The molecule has 134 valence electrons. The van der Waals surface area contributed by atoms with E-state index in [-0.39, 0.29) is 31.3 Å². The number of nitrogens with zero attached hydrogens (tertiary/aromatic N) is 1. The van der Waals surface area contributed by atoms with Gasteiger partial charge >= 0.3 is 5.97 Å². The Morgan fingerprint density at radius 2 is 1.69 bits per heavy atom. The minimum atomic E-state index is -0.973. The number of hydrogen-bond donors (Lipinski definition) is 3. The number of fused-ring (bicyclic) bond motifs is 1. The van der Waals surface area contributed by atoms with Crippen LogP contribution in [0.5, 0.6) is 11.5 Å². The van der Waals surface area contributed by atoms with Crippen molar-refractivity contribution in [2.75, 3.05) is 12.1 Å². The molecule has 2 aromatic rings. The topological polar surface area (TPSA) is 117 Å². The number of benzene rings is 2. The van der Waals surface area contributed by atoms with E-state index in [9.17, 15) is 9.59 Å². The monoisotopic (exact) mass is 356 g/mol. The zero-order valence-corrected chi connectivity index (χ0v) is 13.6. The highest BCUT2D eigenvalue weighted by Gasteiger charge is 2.16. The molecule has 0 saturated heterocycles. The summed E-state index contributed by atoms with van der Waals surface area (Å²) >= 11 is 0. The van der Waals surface area contributed by atoms with Gasteiger partial charge in [-0.05, 0) is 35.9 Å². The molecular formula is C18H16N2O6. The third-order valence-electron chi connectivity index (χ3n) is 3.81. The lowest BCUT2D eigenvalue weighted by Gasteiger charge is -2.08. The Hall–Kier alpha value is -3.55. The number of oxime groups is 1. The van der Waals surface area contributed by atoms with Gasteiger partial charge in [-0.3, -0.25) is 9.59 Å². The maximum atomic E-state index is 12.3. The van der Waals surface area contributed by atoms with Crippen molar-refractivity contribution in [1.29, 1.82) is 0 Å². The molecule has 1 heterocycles. The number of hydrogen-bond acceptors (Lipinski definition) is 6. The van der Waals surface area contributed by atoms with Crippen LogP contribution >= 0.6 is 0 Å². The summed E-state index contributed by atoms with van der Waals surface area (Å²) in [5.74, 6) is -0.157. The number of anilines is 1. The second-order valence-corrected chi connectivity index (χ2v) is 5.54. The van der Waals surface area contributed by atoms with Gasteiger partial charge in [-0.15, -0.1) is 0 Å². The van der Waals surface area contributed by atoms with E-state index < -0.39 is 5.97 Å². The summed E-state index contributed by atoms with van der Waals surface area (Å²) in [6, 6.07) is 11.5. The van der Waals surface area contributed by atoms with Crippen LogP contribution in [0.2, 0.25) is 0 Å². The van der Waals surface area contributed by atoms with Crippen LogP contribution in [0, 0.1) is 0 Å². The molecule has 3 N–H and O–H groups in total. The van der Waals surface area contributed by atoms with E-state index in [0.717, 1.165) is 0 Å². The fourth-order valence-electron chi connectivity index (χ4n) is 2.46. The van der Waals surface area contributed by atoms with E-state index >= 15 is 0 Å². The molecule has 0 radical (unpaired) electrons. The number of nitrogens with one attached hydrogen (secondary N) is 1. The highest BCUT2D eigenvalue weighted by Crippen LogP contribution is 2.32. The highest BCUT2D eigenvalue weighted by atomic mass is 16.7. The third-order valence-corrected chi connectivity index (χ3v) is 3.81. The van der Waals surface area contributed by atoms with Gasteiger partial charge < -0.3 is 25.1 Å². The third kappa shape index (κ3) is 3.92. The zero-order valence-electron chi connectivity index (χ0n) is 13.6. The Morgan fingerprint density at radius 3 is 2.38 bits per heavy atom. The zero-order chi connectivity index (χ0) is 18.5. The predicted octanol–water partition coefficient (Wildman–Crippen LogP) is 2.71. The summed E-state index contributed by atoms with van der Waals surface area (Å²) in [4.78, 5) is 23.0. The van der Waals surface area contributed by atoms with Gasteiger partial charge in [0, 0.05) is 17.7 Å². The van der Waals surface area contributed by atoms with E-state index in [0.29, 0.717) is 28.3 Å². The molecule has 0 spiro atoms. The van der Waals surface area contributed by atoms with E-state index in [4.69, 9.17) is 19.8 Å². The summed E-state index contributed by atoms with van der Waals surface area (Å²) in [7, 11) is 0. The minimum Gasteiger partial charge on any atom is -0.481 e. The van der Waals surface area contributed by atoms with E-state index in [2.05, 4.69) is 10.5 Å². The lowest BCUT2D eigenvalue weighted by atomic mass is 10.1. The molecule has 3 rings (SSSR count). The van der Waals surface area contributed by atoms with Crippen molar-refractivity contribution in [2.24, 2.45) is 5.16 Å². The second kappa shape index (κ2) is 7.56. The summed E-state index contributed by atoms with van der Waals surface area (Å²) in [5, 5.41) is 23.6. The van der Waals surface area contributed by atoms with Crippen LogP contribution in [-0.2, 0) is 4.79 Å². The van der Waals surface area contributed by atoms with Crippen molar-refractivity contribution in [3.63, 3.8) is 0 Å². The molecule has 0 unspecified atom stereocenters. The minimum absolute atomic E-state index is 0.106. The van der Waals surface area contributed by atoms with Crippen LogP contribution in [0.3, 0.4) is 0 Å². The van der Waals surface area contributed by atoms with Crippen molar-refractivity contribution in [2.45, 2.75) is 12.8 Å². The first kappa shape index (κ1) is 17.3. The van der Waals surface area contributed by atoms with Crippen LogP contribution in [0.15, 0.2) is 47.6 Å². The molecule has 0 aromatic heterocycles. The highest BCUT2D eigenvalue weighted by molar-refractivity contribution is 6.05. The molecule has 0 atom stereocenters. The summed E-state index contributed by atoms with van der Waals surface area (Å²) in [5.41, 5.74) is 1.82. The molecule has 26 heavy (non-hydrogen) atoms. The Bertz CT molecular complexity index is 860. The molecule has 8 nitrogen and oxygen atoms in total. The molecule has 0 aliphatic carbocycles. The largest absolute Gasteiger partial charge is 0.481 e. The summed E-state index contributed by atoms with van der Waals surface area (Å²) in [6.07, 6.45) is -0.0310. The fourth-order valence-corrected chi connectivity index (χ4v) is 2.46. The average molecular weight is 356 g/mol. The molecule has 2 aromatic carbocycles. The van der Waals surface area contributed by atoms with E-state index in [1.165, 1.54) is 0 Å². The Balaban J connectivity index is 1.67. The number of carboxylic acid groups (broad SMARTS) is 1. The normalized spacial score (nSPS) is 12.7. The van der Waals surface area contributed by atoms with Crippen LogP contribution in [0.25, 0.3) is 0 Å². The van der Waals surface area contributed by atoms with Crippen LogP contribution in [0.4, 0.5) is 5.69 Å². The van der Waals surface area contributed by atoms with Gasteiger partial charge in [0.15, 0.2) is 11.5 Å². The maximum absolute atomic E-state index is 12.3. The van der Waals surface area contributed by atoms with Crippen LogP contribution in [-0.4, -0.2) is 34.7 Å². The van der Waals surface area contributed by atoms with Gasteiger partial charge in [-0.2, -0.15) is 0 Å². The summed E-state index contributed by atoms with van der Waals surface area (Å²) < 4.78 is 10.5. The average Bonchev–Trinajstić information content (AvgIpc) is 3.11. The van der Waals surface area contributed by atoms with Crippen LogP contribution in [0.1, 0.15) is 28.8 Å². The SMILES string of the molecule is O=C(O)CC/C(=N/O)c1ccc(NC(=O)c2ccc3c(c2)OCO3)cc1. The van der Waals surface area contributed by atoms with Gasteiger partial charge in [-0.25, -0.2) is 0 Å². The van der Waals surface area contributed by atoms with E-state index in [1.807, 2.05) is 0 Å². The predicted molar refractivity (Wildman–Crippen MR) is 92.2 cm³/mol. The molecule has 8 heteroatoms. The fraction of sp³-hybridized carbons (Fsp3) is 0.167. The first-order chi connectivity index (χ1) is 12.6. The Morgan fingerprint density at radius 1 is 1.00 bits per heavy atom. The first-order valence-corrected chi connectivity index (χ1v) is 7.81. The quantitative estimate of drug-likeness (QED) is 0.416. The van der Waals surface area contributed by atoms with Crippen molar-refractivity contribution in [3.8, 4) is 11.5 Å². The number of rotatable bonds is 6. The molecule has 0 bridgehead atoms. The number of aliphatic carboxylic acids is 1. The van der Waals surface area contributed by atoms with Crippen LogP contribution < -0.4 is 14.8 Å². The van der Waals surface area contributed by atoms with Crippen molar-refractivity contribution < 1.29 is 29.4 Å². The smallest absolute Gasteiger partial charge is 0.303 e. The van der Waals surface area contributed by atoms with Crippen molar-refractivity contribution >= 4 is 23.3 Å². The first-order valence-electron chi connectivity index (χ1n) is 7.81. The Kier molecular flexibility index (Phi) is 5.02. The number of carboxylic acids is 1.